The van der Waals surface area contributed by atoms with Gasteiger partial charge in [-0.2, -0.15) is 0 Å². The number of piperidine rings is 1. The highest BCUT2D eigenvalue weighted by molar-refractivity contribution is 5.94. The molecule has 4 rings (SSSR count). The van der Waals surface area contributed by atoms with Gasteiger partial charge in [0.25, 0.3) is 5.91 Å². The van der Waals surface area contributed by atoms with E-state index in [1.807, 2.05) is 6.20 Å². The van der Waals surface area contributed by atoms with Crippen LogP contribution in [0.3, 0.4) is 0 Å². The van der Waals surface area contributed by atoms with Crippen LogP contribution in [-0.4, -0.2) is 47.1 Å². The molecule has 2 aliphatic rings. The Balaban J connectivity index is 1.40. The molecule has 2 fully saturated rings. The van der Waals surface area contributed by atoms with Gasteiger partial charge in [-0.3, -0.25) is 4.79 Å². The summed E-state index contributed by atoms with van der Waals surface area (Å²) in [6, 6.07) is 8.08. The van der Waals surface area contributed by atoms with Crippen LogP contribution >= 0.6 is 0 Å². The number of aromatic hydroxyl groups is 1. The van der Waals surface area contributed by atoms with Crippen molar-refractivity contribution >= 4 is 11.7 Å². The molecule has 0 aliphatic carbocycles. The van der Waals surface area contributed by atoms with E-state index in [0.717, 1.165) is 37.8 Å². The molecule has 142 valence electrons. The van der Waals surface area contributed by atoms with E-state index < -0.39 is 11.6 Å². The van der Waals surface area contributed by atoms with E-state index in [1.54, 1.807) is 4.90 Å². The molecule has 1 amide bonds. The number of carbonyl (C=O) groups is 1. The Morgan fingerprint density at radius 1 is 1.07 bits per heavy atom. The van der Waals surface area contributed by atoms with E-state index in [1.165, 1.54) is 30.5 Å². The van der Waals surface area contributed by atoms with Crippen LogP contribution in [0.25, 0.3) is 0 Å². The second-order valence-corrected chi connectivity index (χ2v) is 7.37. The molecule has 1 aromatic heterocycles. The second kappa shape index (κ2) is 7.55. The minimum atomic E-state index is -0.762. The Hall–Kier alpha value is -2.63. The normalized spacial score (nSPS) is 18.1. The highest BCUT2D eigenvalue weighted by Crippen LogP contribution is 2.31. The molecule has 0 radical (unpaired) electrons. The van der Waals surface area contributed by atoms with Crippen LogP contribution in [0.4, 0.5) is 10.2 Å². The van der Waals surface area contributed by atoms with Crippen molar-refractivity contribution in [3.8, 4) is 5.75 Å². The first-order valence-electron chi connectivity index (χ1n) is 9.60. The molecule has 27 heavy (non-hydrogen) atoms. The predicted octanol–water partition coefficient (Wildman–Crippen LogP) is 3.55. The summed E-state index contributed by atoms with van der Waals surface area (Å²) in [5.74, 6) is 0.0941. The molecule has 1 N–H and O–H groups in total. The molecule has 2 saturated heterocycles. The van der Waals surface area contributed by atoms with Crippen LogP contribution in [0, 0.1) is 5.82 Å². The van der Waals surface area contributed by atoms with Gasteiger partial charge in [-0.1, -0.05) is 0 Å². The first-order chi connectivity index (χ1) is 13.1. The Kier molecular flexibility index (Phi) is 4.97. The minimum Gasteiger partial charge on any atom is -0.505 e. The first kappa shape index (κ1) is 17.8. The summed E-state index contributed by atoms with van der Waals surface area (Å²) >= 11 is 0. The van der Waals surface area contributed by atoms with E-state index in [4.69, 9.17) is 0 Å². The number of phenols is 1. The fraction of sp³-hybridized carbons (Fsp3) is 0.429. The summed E-state index contributed by atoms with van der Waals surface area (Å²) in [4.78, 5) is 21.2. The van der Waals surface area contributed by atoms with Gasteiger partial charge in [0.05, 0.1) is 0 Å². The van der Waals surface area contributed by atoms with Crippen molar-refractivity contribution in [2.75, 3.05) is 31.1 Å². The molecule has 1 aromatic carbocycles. The fourth-order valence-corrected chi connectivity index (χ4v) is 4.05. The first-order valence-corrected chi connectivity index (χ1v) is 9.60. The summed E-state index contributed by atoms with van der Waals surface area (Å²) in [5.41, 5.74) is 1.57. The number of carbonyl (C=O) groups excluding carboxylic acids is 1. The smallest absolute Gasteiger partial charge is 0.253 e. The van der Waals surface area contributed by atoms with Gasteiger partial charge < -0.3 is 14.9 Å². The molecule has 5 nitrogen and oxygen atoms in total. The van der Waals surface area contributed by atoms with Gasteiger partial charge in [-0.05, 0) is 67.5 Å². The summed E-state index contributed by atoms with van der Waals surface area (Å²) in [5, 5.41) is 9.29. The van der Waals surface area contributed by atoms with E-state index in [2.05, 4.69) is 22.0 Å². The average molecular weight is 369 g/mol. The van der Waals surface area contributed by atoms with Gasteiger partial charge in [0.1, 0.15) is 5.82 Å². The number of pyridine rings is 1. The zero-order valence-corrected chi connectivity index (χ0v) is 15.3. The summed E-state index contributed by atoms with van der Waals surface area (Å²) < 4.78 is 13.5. The molecule has 2 aliphatic heterocycles. The minimum absolute atomic E-state index is 0.181. The monoisotopic (exact) mass is 369 g/mol. The number of amides is 1. The molecule has 0 atom stereocenters. The maximum Gasteiger partial charge on any atom is 0.253 e. The molecular weight excluding hydrogens is 345 g/mol. The second-order valence-electron chi connectivity index (χ2n) is 7.37. The van der Waals surface area contributed by atoms with E-state index in [0.29, 0.717) is 19.0 Å². The van der Waals surface area contributed by atoms with Crippen LogP contribution < -0.4 is 4.90 Å². The number of aromatic nitrogens is 1. The Morgan fingerprint density at radius 2 is 1.81 bits per heavy atom. The van der Waals surface area contributed by atoms with Crippen LogP contribution in [0.15, 0.2) is 36.5 Å². The Labute approximate surface area is 158 Å². The number of hydrogen-bond acceptors (Lipinski definition) is 4. The van der Waals surface area contributed by atoms with Gasteiger partial charge >= 0.3 is 0 Å². The Morgan fingerprint density at radius 3 is 2.52 bits per heavy atom. The van der Waals surface area contributed by atoms with E-state index in [9.17, 15) is 14.3 Å². The van der Waals surface area contributed by atoms with Gasteiger partial charge in [0.15, 0.2) is 11.6 Å². The Bertz CT molecular complexity index is 828. The number of anilines is 1. The maximum atomic E-state index is 13.5. The number of halogens is 1. The molecule has 0 spiro atoms. The summed E-state index contributed by atoms with van der Waals surface area (Å²) in [7, 11) is 0. The number of hydrogen-bond donors (Lipinski definition) is 1. The van der Waals surface area contributed by atoms with Crippen molar-refractivity contribution in [2.45, 2.75) is 31.6 Å². The zero-order valence-electron chi connectivity index (χ0n) is 15.3. The lowest BCUT2D eigenvalue weighted by Gasteiger charge is -2.32. The lowest BCUT2D eigenvalue weighted by Crippen LogP contribution is -2.38. The zero-order chi connectivity index (χ0) is 18.8. The van der Waals surface area contributed by atoms with Crippen molar-refractivity contribution in [3.05, 3.63) is 53.5 Å². The molecule has 2 aromatic rings. The fourth-order valence-electron chi connectivity index (χ4n) is 4.05. The average Bonchev–Trinajstić information content (AvgIpc) is 3.25. The van der Waals surface area contributed by atoms with E-state index in [-0.39, 0.29) is 11.5 Å². The van der Waals surface area contributed by atoms with Gasteiger partial charge in [0.2, 0.25) is 0 Å². The molecule has 0 bridgehead atoms. The third-order valence-corrected chi connectivity index (χ3v) is 5.65. The highest BCUT2D eigenvalue weighted by atomic mass is 19.1. The topological polar surface area (TPSA) is 56.7 Å². The SMILES string of the molecule is O=C(c1ccc(O)c(F)c1)N1CCC(c2ccnc(N3CCCC3)c2)CC1. The number of nitrogens with zero attached hydrogens (tertiary/aromatic N) is 3. The summed E-state index contributed by atoms with van der Waals surface area (Å²) in [6.45, 7) is 3.44. The third kappa shape index (κ3) is 3.75. The van der Waals surface area contributed by atoms with Crippen LogP contribution in [-0.2, 0) is 0 Å². The number of rotatable bonds is 3. The van der Waals surface area contributed by atoms with Crippen molar-refractivity contribution in [1.82, 2.24) is 9.88 Å². The lowest BCUT2D eigenvalue weighted by molar-refractivity contribution is 0.0712. The van der Waals surface area contributed by atoms with Crippen molar-refractivity contribution in [3.63, 3.8) is 0 Å². The van der Waals surface area contributed by atoms with E-state index >= 15 is 0 Å². The third-order valence-electron chi connectivity index (χ3n) is 5.65. The molecule has 3 heterocycles. The van der Waals surface area contributed by atoms with Crippen molar-refractivity contribution in [2.24, 2.45) is 0 Å². The van der Waals surface area contributed by atoms with Gasteiger partial charge in [-0.15, -0.1) is 0 Å². The number of benzene rings is 1. The largest absolute Gasteiger partial charge is 0.505 e. The van der Waals surface area contributed by atoms with Gasteiger partial charge in [-0.25, -0.2) is 9.37 Å². The standard InChI is InChI=1S/C21H24FN3O2/c22-18-13-17(3-4-19(18)26)21(27)25-11-6-15(7-12-25)16-5-8-23-20(14-16)24-9-1-2-10-24/h3-5,8,13-15,26H,1-2,6-7,9-12H2. The van der Waals surface area contributed by atoms with Crippen molar-refractivity contribution in [1.29, 1.82) is 0 Å². The molecule has 0 saturated carbocycles. The van der Waals surface area contributed by atoms with Crippen molar-refractivity contribution < 1.29 is 14.3 Å². The van der Waals surface area contributed by atoms with Crippen LogP contribution in [0.5, 0.6) is 5.75 Å². The van der Waals surface area contributed by atoms with Crippen LogP contribution in [0.2, 0.25) is 0 Å². The predicted molar refractivity (Wildman–Crippen MR) is 102 cm³/mol. The molecule has 0 unspecified atom stereocenters. The van der Waals surface area contributed by atoms with Crippen LogP contribution in [0.1, 0.15) is 47.5 Å². The lowest BCUT2D eigenvalue weighted by atomic mass is 9.89. The quantitative estimate of drug-likeness (QED) is 0.899. The number of phenolic OH excluding ortho intramolecular Hbond substituents is 1. The summed E-state index contributed by atoms with van der Waals surface area (Å²) in [6.07, 6.45) is 6.11. The van der Waals surface area contributed by atoms with Gasteiger partial charge in [0, 0.05) is 37.9 Å². The molecular formula is C21H24FN3O2. The molecule has 6 heteroatoms. The number of likely N-dealkylation sites (tertiary alicyclic amines) is 1. The highest BCUT2D eigenvalue weighted by Gasteiger charge is 2.26. The maximum absolute atomic E-state index is 13.5.